The number of aromatic hydroxyl groups is 1. The number of aliphatic hydroxyl groups is 1. The summed E-state index contributed by atoms with van der Waals surface area (Å²) in [6.07, 6.45) is 0.966. The average Bonchev–Trinajstić information content (AvgIpc) is 2.90. The monoisotopic (exact) mass is 544 g/mol. The fourth-order valence-corrected chi connectivity index (χ4v) is 4.61. The van der Waals surface area contributed by atoms with Crippen molar-refractivity contribution in [1.29, 1.82) is 0 Å². The molecule has 0 aliphatic rings. The number of benzene rings is 3. The van der Waals surface area contributed by atoms with Gasteiger partial charge in [-0.1, -0.05) is 24.3 Å². The Morgan fingerprint density at radius 2 is 1.39 bits per heavy atom. The fraction of sp³-hybridized carbons (Fsp3) is 0.357. The SMILES string of the molecule is COc1ccc(C(C[C@@H](C)NC[C@@H](O)COc2ccc(O)c(NS(C)(=O)=O)c2)c2ccc(OC)cc2)cc1. The molecular formula is C28H36N2O7S. The first-order chi connectivity index (χ1) is 18.1. The van der Waals surface area contributed by atoms with Crippen molar-refractivity contribution in [3.63, 3.8) is 0 Å². The molecular weight excluding hydrogens is 508 g/mol. The smallest absolute Gasteiger partial charge is 0.229 e. The normalized spacial score (nSPS) is 13.1. The van der Waals surface area contributed by atoms with E-state index < -0.39 is 16.1 Å². The van der Waals surface area contributed by atoms with Gasteiger partial charge >= 0.3 is 0 Å². The molecule has 38 heavy (non-hydrogen) atoms. The number of ether oxygens (including phenoxy) is 3. The van der Waals surface area contributed by atoms with Crippen LogP contribution in [0.3, 0.4) is 0 Å². The number of anilines is 1. The average molecular weight is 545 g/mol. The maximum Gasteiger partial charge on any atom is 0.229 e. The highest BCUT2D eigenvalue weighted by molar-refractivity contribution is 7.92. The van der Waals surface area contributed by atoms with E-state index in [0.717, 1.165) is 35.3 Å². The van der Waals surface area contributed by atoms with Gasteiger partial charge in [0.1, 0.15) is 35.7 Å². The number of phenols is 1. The highest BCUT2D eigenvalue weighted by atomic mass is 32.2. The molecule has 0 bridgehead atoms. The van der Waals surface area contributed by atoms with Gasteiger partial charge in [0, 0.05) is 24.6 Å². The summed E-state index contributed by atoms with van der Waals surface area (Å²) in [5.74, 6) is 1.80. The Kier molecular flexibility index (Phi) is 10.2. The Morgan fingerprint density at radius 1 is 0.868 bits per heavy atom. The highest BCUT2D eigenvalue weighted by Gasteiger charge is 2.19. The number of methoxy groups -OCH3 is 2. The van der Waals surface area contributed by atoms with Crippen LogP contribution in [0.5, 0.6) is 23.0 Å². The van der Waals surface area contributed by atoms with E-state index in [1.165, 1.54) is 18.2 Å². The predicted molar refractivity (Wildman–Crippen MR) is 148 cm³/mol. The third-order valence-corrected chi connectivity index (χ3v) is 6.62. The molecule has 3 rings (SSSR count). The minimum Gasteiger partial charge on any atom is -0.506 e. The van der Waals surface area contributed by atoms with Crippen LogP contribution in [-0.2, 0) is 10.0 Å². The summed E-state index contributed by atoms with van der Waals surface area (Å²) in [4.78, 5) is 0. The van der Waals surface area contributed by atoms with Gasteiger partial charge in [0.25, 0.3) is 0 Å². The second kappa shape index (κ2) is 13.4. The van der Waals surface area contributed by atoms with Crippen molar-refractivity contribution in [2.75, 3.05) is 38.3 Å². The van der Waals surface area contributed by atoms with Gasteiger partial charge in [-0.05, 0) is 60.9 Å². The number of phenolic OH excluding ortho intramolecular Hbond substituents is 1. The van der Waals surface area contributed by atoms with Gasteiger partial charge in [-0.3, -0.25) is 4.72 Å². The summed E-state index contributed by atoms with van der Waals surface area (Å²) < 4.78 is 41.4. The van der Waals surface area contributed by atoms with Crippen LogP contribution >= 0.6 is 0 Å². The zero-order valence-corrected chi connectivity index (χ0v) is 22.9. The molecule has 0 heterocycles. The minimum absolute atomic E-state index is 0.00865. The Labute approximate surface area is 224 Å². The molecule has 0 radical (unpaired) electrons. The summed E-state index contributed by atoms with van der Waals surface area (Å²) in [5, 5.41) is 23.7. The van der Waals surface area contributed by atoms with Gasteiger partial charge in [-0.2, -0.15) is 0 Å². The van der Waals surface area contributed by atoms with Crippen LogP contribution in [-0.4, -0.2) is 64.4 Å². The van der Waals surface area contributed by atoms with Crippen LogP contribution in [0.15, 0.2) is 66.7 Å². The Balaban J connectivity index is 1.59. The Hall–Kier alpha value is -3.47. The summed E-state index contributed by atoms with van der Waals surface area (Å²) >= 11 is 0. The van der Waals surface area contributed by atoms with Gasteiger partial charge in [0.05, 0.1) is 26.2 Å². The topological polar surface area (TPSA) is 126 Å². The second-order valence-electron chi connectivity index (χ2n) is 9.16. The molecule has 0 unspecified atom stereocenters. The zero-order chi connectivity index (χ0) is 27.7. The largest absolute Gasteiger partial charge is 0.506 e. The lowest BCUT2D eigenvalue weighted by atomic mass is 9.86. The lowest BCUT2D eigenvalue weighted by molar-refractivity contribution is 0.103. The van der Waals surface area contributed by atoms with Gasteiger partial charge in [0.2, 0.25) is 10.0 Å². The Bertz CT molecular complexity index is 1220. The molecule has 0 fully saturated rings. The molecule has 0 amide bonds. The van der Waals surface area contributed by atoms with Crippen LogP contribution < -0.4 is 24.2 Å². The van der Waals surface area contributed by atoms with E-state index in [1.807, 2.05) is 24.3 Å². The number of hydrogen-bond acceptors (Lipinski definition) is 8. The standard InChI is InChI=1S/C28H36N2O7S/c1-19(29-17-22(31)18-37-25-13-14-28(32)27(16-25)30-38(4,33)34)15-26(20-5-9-23(35-2)10-6-20)21-7-11-24(36-3)12-8-21/h5-14,16,19,22,26,29-32H,15,17-18H2,1-4H3/t19-,22-/m1/s1. The molecule has 4 N–H and O–H groups in total. The van der Waals surface area contributed by atoms with Crippen LogP contribution in [0.25, 0.3) is 0 Å². The maximum atomic E-state index is 11.5. The summed E-state index contributed by atoms with van der Waals surface area (Å²) in [7, 11) is -0.275. The summed E-state index contributed by atoms with van der Waals surface area (Å²) in [6, 6.07) is 20.3. The molecule has 0 aliphatic carbocycles. The molecule has 3 aromatic rings. The lowest BCUT2D eigenvalue weighted by Crippen LogP contribution is -2.37. The number of aliphatic hydroxyl groups excluding tert-OH is 1. The van der Waals surface area contributed by atoms with Crippen molar-refractivity contribution in [3.8, 4) is 23.0 Å². The van der Waals surface area contributed by atoms with Crippen LogP contribution in [0.2, 0.25) is 0 Å². The summed E-state index contributed by atoms with van der Waals surface area (Å²) in [6.45, 7) is 2.35. The van der Waals surface area contributed by atoms with Gasteiger partial charge in [-0.25, -0.2) is 8.42 Å². The molecule has 9 nitrogen and oxygen atoms in total. The van der Waals surface area contributed by atoms with Gasteiger partial charge in [0.15, 0.2) is 0 Å². The van der Waals surface area contributed by atoms with E-state index in [2.05, 4.69) is 41.2 Å². The third kappa shape index (κ3) is 8.83. The first-order valence-corrected chi connectivity index (χ1v) is 14.1. The molecule has 0 saturated carbocycles. The second-order valence-corrected chi connectivity index (χ2v) is 10.9. The maximum absolute atomic E-state index is 11.5. The van der Waals surface area contributed by atoms with Crippen molar-refractivity contribution in [1.82, 2.24) is 5.32 Å². The molecule has 0 aromatic heterocycles. The van der Waals surface area contributed by atoms with E-state index in [0.29, 0.717) is 12.3 Å². The van der Waals surface area contributed by atoms with E-state index in [-0.39, 0.29) is 30.0 Å². The molecule has 0 aliphatic heterocycles. The molecule has 2 atom stereocenters. The van der Waals surface area contributed by atoms with E-state index in [1.54, 1.807) is 14.2 Å². The van der Waals surface area contributed by atoms with Crippen molar-refractivity contribution >= 4 is 15.7 Å². The molecule has 0 saturated heterocycles. The van der Waals surface area contributed by atoms with Crippen LogP contribution in [0.4, 0.5) is 5.69 Å². The van der Waals surface area contributed by atoms with Crippen LogP contribution in [0.1, 0.15) is 30.4 Å². The molecule has 206 valence electrons. The fourth-order valence-electron chi connectivity index (χ4n) is 4.05. The van der Waals surface area contributed by atoms with E-state index in [9.17, 15) is 18.6 Å². The molecule has 0 spiro atoms. The predicted octanol–water partition coefficient (Wildman–Crippen LogP) is 3.72. The first kappa shape index (κ1) is 29.1. The highest BCUT2D eigenvalue weighted by Crippen LogP contribution is 2.32. The van der Waals surface area contributed by atoms with Crippen LogP contribution in [0, 0.1) is 0 Å². The van der Waals surface area contributed by atoms with Gasteiger partial charge in [-0.15, -0.1) is 0 Å². The van der Waals surface area contributed by atoms with E-state index >= 15 is 0 Å². The van der Waals surface area contributed by atoms with Gasteiger partial charge < -0.3 is 29.7 Å². The molecule has 3 aromatic carbocycles. The number of nitrogens with one attached hydrogen (secondary N) is 2. The lowest BCUT2D eigenvalue weighted by Gasteiger charge is -2.24. The van der Waals surface area contributed by atoms with Crippen molar-refractivity contribution in [2.24, 2.45) is 0 Å². The Morgan fingerprint density at radius 3 is 1.89 bits per heavy atom. The minimum atomic E-state index is -3.56. The molecule has 10 heteroatoms. The number of hydrogen-bond donors (Lipinski definition) is 4. The van der Waals surface area contributed by atoms with Crippen molar-refractivity contribution in [2.45, 2.75) is 31.4 Å². The zero-order valence-electron chi connectivity index (χ0n) is 22.0. The number of rotatable bonds is 14. The first-order valence-electron chi connectivity index (χ1n) is 12.2. The van der Waals surface area contributed by atoms with Crippen molar-refractivity contribution < 1.29 is 32.8 Å². The third-order valence-electron chi connectivity index (χ3n) is 6.03. The summed E-state index contributed by atoms with van der Waals surface area (Å²) in [5.41, 5.74) is 2.31. The van der Waals surface area contributed by atoms with Crippen molar-refractivity contribution in [3.05, 3.63) is 77.9 Å². The number of sulfonamides is 1. The quantitative estimate of drug-likeness (QED) is 0.226. The van der Waals surface area contributed by atoms with E-state index in [4.69, 9.17) is 14.2 Å².